The number of hydrogen-bond acceptors (Lipinski definition) is 0. The van der Waals surface area contributed by atoms with Gasteiger partial charge >= 0.3 is 79.1 Å². The molecular weight excluding hydrogens is 271 g/mol. The minimum atomic E-state index is -2.81. The Bertz CT molecular complexity index is 27.2. The monoisotopic (exact) mass is 270 g/mol. The summed E-state index contributed by atoms with van der Waals surface area (Å²) in [4.78, 5) is 0. The van der Waals surface area contributed by atoms with Crippen LogP contribution in [0.1, 0.15) is 1.43 Å². The molecular formula is HCl4NaPd. The smallest absolute Gasteiger partial charge is 1.00 e. The molecule has 0 nitrogen and oxygen atoms in total. The third-order valence-corrected chi connectivity index (χ3v) is 0. The summed E-state index contributed by atoms with van der Waals surface area (Å²) in [7, 11) is 19.9. The summed E-state index contributed by atoms with van der Waals surface area (Å²) in [5.41, 5.74) is 0. The second-order valence-corrected chi connectivity index (χ2v) is 14.4. The normalized spacial score (nSPS) is 12.7. The molecule has 0 spiro atoms. The van der Waals surface area contributed by atoms with Crippen LogP contribution in [0.25, 0.3) is 0 Å². The molecule has 0 radical (unpaired) electrons. The van der Waals surface area contributed by atoms with Gasteiger partial charge in [0, 0.05) is 0 Å². The molecule has 0 aromatic rings. The number of hydrogen-bond donors (Lipinski definition) is 0. The summed E-state index contributed by atoms with van der Waals surface area (Å²) in [6.45, 7) is 0. The van der Waals surface area contributed by atoms with Gasteiger partial charge in [-0.3, -0.25) is 0 Å². The Balaban J connectivity index is -0.0000000800. The summed E-state index contributed by atoms with van der Waals surface area (Å²) < 4.78 is 0. The molecule has 6 heavy (non-hydrogen) atoms. The van der Waals surface area contributed by atoms with Crippen molar-refractivity contribution >= 4 is 38.1 Å². The molecule has 0 N–H and O–H groups in total. The van der Waals surface area contributed by atoms with E-state index in [0.717, 1.165) is 0 Å². The van der Waals surface area contributed by atoms with Gasteiger partial charge in [-0.2, -0.15) is 0 Å². The zero-order valence-electron chi connectivity index (χ0n) is 3.83. The Kier molecular flexibility index (Phi) is 9.04. The van der Waals surface area contributed by atoms with Gasteiger partial charge in [0.05, 0.1) is 0 Å². The first-order chi connectivity index (χ1) is 2.00. The average molecular weight is 272 g/mol. The van der Waals surface area contributed by atoms with E-state index < -0.39 is 11.5 Å². The molecule has 0 bridgehead atoms. The minimum Gasteiger partial charge on any atom is -1.00 e. The fraction of sp³-hybridized carbons (Fsp3) is 0. The summed E-state index contributed by atoms with van der Waals surface area (Å²) in [5, 5.41) is 0. The molecule has 0 aliphatic heterocycles. The van der Waals surface area contributed by atoms with E-state index in [1.165, 1.54) is 0 Å². The quantitative estimate of drug-likeness (QED) is 0.539. The largest absolute Gasteiger partial charge is 1.00 e. The summed E-state index contributed by atoms with van der Waals surface area (Å²) in [5.74, 6) is 0. The van der Waals surface area contributed by atoms with Crippen molar-refractivity contribution in [1.29, 1.82) is 0 Å². The first-order valence-corrected chi connectivity index (χ1v) is 8.49. The molecule has 0 aromatic heterocycles. The third kappa shape index (κ3) is 29.0. The van der Waals surface area contributed by atoms with Crippen molar-refractivity contribution in [2.75, 3.05) is 0 Å². The molecule has 0 rings (SSSR count). The maximum atomic E-state index is 4.98. The van der Waals surface area contributed by atoms with Crippen LogP contribution in [0.2, 0.25) is 0 Å². The Hall–Kier alpha value is 2.82. The Morgan fingerprint density at radius 3 is 1.00 bits per heavy atom. The Labute approximate surface area is 79.2 Å². The third-order valence-electron chi connectivity index (χ3n) is 0. The topological polar surface area (TPSA) is 0 Å². The molecule has 40 valence electrons. The van der Waals surface area contributed by atoms with E-state index in [1.54, 1.807) is 0 Å². The summed E-state index contributed by atoms with van der Waals surface area (Å²) in [6, 6.07) is 0. The van der Waals surface area contributed by atoms with Gasteiger partial charge in [-0.15, -0.1) is 0 Å². The number of rotatable bonds is 0. The zero-order valence-corrected chi connectivity index (χ0v) is 9.41. The van der Waals surface area contributed by atoms with Gasteiger partial charge in [-0.1, -0.05) is 0 Å². The van der Waals surface area contributed by atoms with E-state index in [0.29, 0.717) is 0 Å². The second kappa shape index (κ2) is 4.68. The van der Waals surface area contributed by atoms with Gasteiger partial charge in [0.2, 0.25) is 0 Å². The van der Waals surface area contributed by atoms with E-state index in [-0.39, 0.29) is 31.0 Å². The van der Waals surface area contributed by atoms with Crippen molar-refractivity contribution in [2.24, 2.45) is 0 Å². The van der Waals surface area contributed by atoms with Crippen LogP contribution in [0.15, 0.2) is 0 Å². The van der Waals surface area contributed by atoms with E-state index >= 15 is 0 Å². The SMILES string of the molecule is [Cl][Pd]([Cl])([Cl])[Cl].[H-].[Na+]. The summed E-state index contributed by atoms with van der Waals surface area (Å²) >= 11 is -2.81. The van der Waals surface area contributed by atoms with E-state index in [9.17, 15) is 0 Å². The minimum absolute atomic E-state index is 0. The fourth-order valence-corrected chi connectivity index (χ4v) is 0. The molecule has 0 fully saturated rings. The molecule has 0 heterocycles. The summed E-state index contributed by atoms with van der Waals surface area (Å²) in [6.07, 6.45) is 0. The van der Waals surface area contributed by atoms with E-state index in [4.69, 9.17) is 38.1 Å². The fourth-order valence-electron chi connectivity index (χ4n) is 0. The molecule has 0 aliphatic carbocycles. The van der Waals surface area contributed by atoms with E-state index in [1.807, 2.05) is 0 Å². The van der Waals surface area contributed by atoms with Crippen LogP contribution in [0.3, 0.4) is 0 Å². The predicted octanol–water partition coefficient (Wildman–Crippen LogP) is -0.128. The van der Waals surface area contributed by atoms with Crippen LogP contribution in [0.4, 0.5) is 0 Å². The van der Waals surface area contributed by atoms with Crippen LogP contribution in [-0.2, 0) is 11.5 Å². The first-order valence-electron chi connectivity index (χ1n) is 0.478. The molecule has 0 saturated heterocycles. The molecule has 0 amide bonds. The first kappa shape index (κ1) is 11.6. The second-order valence-electron chi connectivity index (χ2n) is 0.271. The molecule has 6 heteroatoms. The van der Waals surface area contributed by atoms with Crippen molar-refractivity contribution in [2.45, 2.75) is 0 Å². The molecule has 0 saturated carbocycles. The van der Waals surface area contributed by atoms with E-state index in [2.05, 4.69) is 0 Å². The maximum Gasteiger partial charge on any atom is 1.00 e. The van der Waals surface area contributed by atoms with Crippen molar-refractivity contribution < 1.29 is 42.4 Å². The maximum absolute atomic E-state index is 4.98. The van der Waals surface area contributed by atoms with Crippen LogP contribution < -0.4 is 29.6 Å². The van der Waals surface area contributed by atoms with Gasteiger partial charge in [0.25, 0.3) is 0 Å². The molecule has 0 unspecified atom stereocenters. The average Bonchev–Trinajstić information content (AvgIpc) is 0.722. The van der Waals surface area contributed by atoms with Gasteiger partial charge in [-0.05, 0) is 0 Å². The van der Waals surface area contributed by atoms with Crippen molar-refractivity contribution in [1.82, 2.24) is 0 Å². The molecule has 0 aromatic carbocycles. The van der Waals surface area contributed by atoms with Gasteiger partial charge in [0.15, 0.2) is 0 Å². The van der Waals surface area contributed by atoms with Gasteiger partial charge < -0.3 is 1.43 Å². The Morgan fingerprint density at radius 2 is 1.00 bits per heavy atom. The van der Waals surface area contributed by atoms with Gasteiger partial charge in [-0.25, -0.2) is 0 Å². The standard InChI is InChI=1S/4ClH.Na.Pd.H/h4*1H;;;/q;;;;+1;+4;-1/p-4. The van der Waals surface area contributed by atoms with Crippen molar-refractivity contribution in [3.05, 3.63) is 0 Å². The van der Waals surface area contributed by atoms with Crippen LogP contribution in [-0.4, -0.2) is 0 Å². The number of halogens is 4. The van der Waals surface area contributed by atoms with Crippen LogP contribution in [0.5, 0.6) is 0 Å². The van der Waals surface area contributed by atoms with Crippen LogP contribution >= 0.6 is 38.1 Å². The molecule has 0 atom stereocenters. The van der Waals surface area contributed by atoms with Crippen molar-refractivity contribution in [3.8, 4) is 0 Å². The predicted molar refractivity (Wildman–Crippen MR) is 24.5 cm³/mol. The zero-order chi connectivity index (χ0) is 4.50. The van der Waals surface area contributed by atoms with Crippen LogP contribution in [0, 0.1) is 0 Å². The molecule has 0 aliphatic rings. The Morgan fingerprint density at radius 1 is 1.00 bits per heavy atom. The van der Waals surface area contributed by atoms with Crippen molar-refractivity contribution in [3.63, 3.8) is 0 Å². The van der Waals surface area contributed by atoms with Gasteiger partial charge in [0.1, 0.15) is 0 Å².